The molecule has 0 fully saturated rings. The Labute approximate surface area is 188 Å². The molecule has 0 atom stereocenters. The number of carbonyl (C=O) groups is 3. The van der Waals surface area contributed by atoms with Crippen LogP contribution in [0.2, 0.25) is 0 Å². The number of hydrogen-bond acceptors (Lipinski definition) is 5. The third kappa shape index (κ3) is 25.1. The number of carbonyl (C=O) groups excluding carboxylic acids is 3. The van der Waals surface area contributed by atoms with E-state index in [0.717, 1.165) is 25.8 Å². The van der Waals surface area contributed by atoms with E-state index in [4.69, 9.17) is 10.00 Å². The van der Waals surface area contributed by atoms with E-state index in [0.29, 0.717) is 38.0 Å². The van der Waals surface area contributed by atoms with Crippen LogP contribution in [0.3, 0.4) is 0 Å². The number of para-hydroxylation sites is 1. The molecular formula is C24H41N3O4. The maximum atomic E-state index is 10.8. The zero-order valence-corrected chi connectivity index (χ0v) is 18.8. The van der Waals surface area contributed by atoms with Crippen LogP contribution in [0, 0.1) is 11.3 Å². The fourth-order valence-electron chi connectivity index (χ4n) is 1.76. The summed E-state index contributed by atoms with van der Waals surface area (Å²) >= 11 is 0. The molecule has 7 nitrogen and oxygen atoms in total. The van der Waals surface area contributed by atoms with Crippen molar-refractivity contribution in [1.29, 1.82) is 5.26 Å². The van der Waals surface area contributed by atoms with Crippen LogP contribution in [-0.4, -0.2) is 30.9 Å². The number of esters is 1. The van der Waals surface area contributed by atoms with Crippen molar-refractivity contribution >= 4 is 17.8 Å². The Bertz CT molecular complexity index is 613. The number of nitrogens with zero attached hydrogens (tertiary/aromatic N) is 1. The highest BCUT2D eigenvalue weighted by Crippen LogP contribution is 2.08. The number of hydrogen-bond donors (Lipinski definition) is 2. The van der Waals surface area contributed by atoms with Gasteiger partial charge in [-0.3, -0.25) is 14.4 Å². The van der Waals surface area contributed by atoms with Crippen LogP contribution >= 0.6 is 0 Å². The molecule has 1 rings (SSSR count). The first kappa shape index (κ1) is 32.8. The van der Waals surface area contributed by atoms with Crippen molar-refractivity contribution in [2.24, 2.45) is 0 Å². The van der Waals surface area contributed by atoms with E-state index in [1.165, 1.54) is 0 Å². The van der Waals surface area contributed by atoms with Gasteiger partial charge in [0.15, 0.2) is 0 Å². The molecule has 0 aliphatic rings. The quantitative estimate of drug-likeness (QED) is 0.313. The first-order valence-electron chi connectivity index (χ1n) is 10.6. The van der Waals surface area contributed by atoms with Gasteiger partial charge in [-0.1, -0.05) is 53.3 Å². The minimum absolute atomic E-state index is 0. The van der Waals surface area contributed by atoms with E-state index in [2.05, 4.69) is 16.7 Å². The molecule has 0 saturated heterocycles. The van der Waals surface area contributed by atoms with Crippen LogP contribution in [0.25, 0.3) is 0 Å². The second-order valence-corrected chi connectivity index (χ2v) is 6.16. The average Bonchev–Trinajstić information content (AvgIpc) is 2.78. The predicted octanol–water partition coefficient (Wildman–Crippen LogP) is 4.77. The highest BCUT2D eigenvalue weighted by molar-refractivity contribution is 5.75. The van der Waals surface area contributed by atoms with Gasteiger partial charge in [0, 0.05) is 38.8 Å². The molecule has 176 valence electrons. The van der Waals surface area contributed by atoms with Crippen LogP contribution in [0.5, 0.6) is 5.75 Å². The summed E-state index contributed by atoms with van der Waals surface area (Å²) in [5.74, 6) is 0.643. The Balaban J connectivity index is -0.000000379. The summed E-state index contributed by atoms with van der Waals surface area (Å²) in [5, 5.41) is 13.7. The predicted molar refractivity (Wildman–Crippen MR) is 125 cm³/mol. The van der Waals surface area contributed by atoms with Crippen LogP contribution in [0.15, 0.2) is 30.3 Å². The largest absolute Gasteiger partial charge is 0.427 e. The maximum Gasteiger partial charge on any atom is 0.310 e. The smallest absolute Gasteiger partial charge is 0.310 e. The van der Waals surface area contributed by atoms with E-state index in [9.17, 15) is 14.4 Å². The minimum atomic E-state index is -0.198. The van der Waals surface area contributed by atoms with Gasteiger partial charge >= 0.3 is 5.97 Å². The van der Waals surface area contributed by atoms with Gasteiger partial charge in [-0.2, -0.15) is 5.26 Å². The van der Waals surface area contributed by atoms with Crippen molar-refractivity contribution in [2.45, 2.75) is 80.1 Å². The summed E-state index contributed by atoms with van der Waals surface area (Å²) in [6, 6.07) is 11.1. The molecule has 1 aromatic rings. The summed E-state index contributed by atoms with van der Waals surface area (Å²) in [6.45, 7) is 9.00. The molecule has 0 spiro atoms. The van der Waals surface area contributed by atoms with Crippen molar-refractivity contribution in [3.8, 4) is 11.8 Å². The zero-order valence-electron chi connectivity index (χ0n) is 18.8. The van der Waals surface area contributed by atoms with Crippen molar-refractivity contribution in [1.82, 2.24) is 10.6 Å². The molecular weight excluding hydrogens is 394 g/mol. The number of amides is 2. The summed E-state index contributed by atoms with van der Waals surface area (Å²) in [7, 11) is 0. The SMILES string of the molecule is C.CCC(=O)NCCCCC#N.CCC(=O)Oc1ccccc1.CCCNC(=O)CC. The number of ether oxygens (including phenoxy) is 1. The fraction of sp³-hybridized carbons (Fsp3) is 0.583. The summed E-state index contributed by atoms with van der Waals surface area (Å²) in [5.41, 5.74) is 0. The van der Waals surface area contributed by atoms with E-state index < -0.39 is 0 Å². The van der Waals surface area contributed by atoms with Gasteiger partial charge in [-0.15, -0.1) is 0 Å². The topological polar surface area (TPSA) is 108 Å². The number of unbranched alkanes of at least 4 members (excludes halogenated alkanes) is 2. The Morgan fingerprint density at radius 1 is 0.871 bits per heavy atom. The van der Waals surface area contributed by atoms with E-state index in [1.807, 2.05) is 39.0 Å². The number of nitriles is 1. The van der Waals surface area contributed by atoms with Gasteiger partial charge in [0.05, 0.1) is 6.07 Å². The molecule has 0 aliphatic carbocycles. The lowest BCUT2D eigenvalue weighted by atomic mass is 10.2. The molecule has 0 saturated carbocycles. The van der Waals surface area contributed by atoms with Crippen LogP contribution in [-0.2, 0) is 14.4 Å². The Morgan fingerprint density at radius 3 is 1.87 bits per heavy atom. The van der Waals surface area contributed by atoms with E-state index in [1.54, 1.807) is 19.1 Å². The molecule has 0 unspecified atom stereocenters. The summed E-state index contributed by atoms with van der Waals surface area (Å²) in [4.78, 5) is 31.9. The fourth-order valence-corrected chi connectivity index (χ4v) is 1.76. The van der Waals surface area contributed by atoms with E-state index in [-0.39, 0.29) is 25.2 Å². The first-order chi connectivity index (χ1) is 14.4. The lowest BCUT2D eigenvalue weighted by Crippen LogP contribution is -2.22. The zero-order chi connectivity index (χ0) is 23.0. The van der Waals surface area contributed by atoms with Crippen LogP contribution < -0.4 is 15.4 Å². The van der Waals surface area contributed by atoms with Gasteiger partial charge in [0.1, 0.15) is 5.75 Å². The Hall–Kier alpha value is -2.88. The standard InChI is InChI=1S/C9H10O2.C8H14N2O.C6H13NO.CH4/c1-2-9(10)11-8-6-4-3-5-7-8;1-2-8(11)10-7-5-3-4-6-9;1-3-5-7-6(8)4-2;/h3-7H,2H2,1H3;2-5,7H2,1H3,(H,10,11);3-5H2,1-2H3,(H,7,8);1H4. The lowest BCUT2D eigenvalue weighted by Gasteiger charge is -2.00. The maximum absolute atomic E-state index is 10.8. The third-order valence-electron chi connectivity index (χ3n) is 3.52. The number of rotatable bonds is 10. The van der Waals surface area contributed by atoms with Crippen molar-refractivity contribution in [3.63, 3.8) is 0 Å². The van der Waals surface area contributed by atoms with Crippen LogP contribution in [0.4, 0.5) is 0 Å². The normalized spacial score (nSPS) is 8.61. The van der Waals surface area contributed by atoms with Gasteiger partial charge in [-0.25, -0.2) is 0 Å². The Kier molecular flexibility index (Phi) is 26.6. The monoisotopic (exact) mass is 435 g/mol. The molecule has 0 heterocycles. The molecule has 0 bridgehead atoms. The van der Waals surface area contributed by atoms with Gasteiger partial charge < -0.3 is 15.4 Å². The van der Waals surface area contributed by atoms with Crippen molar-refractivity contribution in [2.75, 3.05) is 13.1 Å². The molecule has 7 heteroatoms. The van der Waals surface area contributed by atoms with Crippen molar-refractivity contribution < 1.29 is 19.1 Å². The molecule has 0 radical (unpaired) electrons. The average molecular weight is 436 g/mol. The molecule has 2 N–H and O–H groups in total. The third-order valence-corrected chi connectivity index (χ3v) is 3.52. The minimum Gasteiger partial charge on any atom is -0.427 e. The van der Waals surface area contributed by atoms with Gasteiger partial charge in [0.2, 0.25) is 11.8 Å². The molecule has 31 heavy (non-hydrogen) atoms. The molecule has 2 amide bonds. The highest BCUT2D eigenvalue weighted by Gasteiger charge is 1.98. The summed E-state index contributed by atoms with van der Waals surface area (Å²) < 4.78 is 4.92. The lowest BCUT2D eigenvalue weighted by molar-refractivity contribution is -0.134. The second-order valence-electron chi connectivity index (χ2n) is 6.16. The molecule has 0 aromatic heterocycles. The van der Waals surface area contributed by atoms with Crippen molar-refractivity contribution in [3.05, 3.63) is 30.3 Å². The second kappa shape index (κ2) is 25.2. The molecule has 1 aromatic carbocycles. The van der Waals surface area contributed by atoms with E-state index >= 15 is 0 Å². The number of benzene rings is 1. The Morgan fingerprint density at radius 2 is 1.42 bits per heavy atom. The van der Waals surface area contributed by atoms with Gasteiger partial charge in [-0.05, 0) is 31.4 Å². The van der Waals surface area contributed by atoms with Gasteiger partial charge in [0.25, 0.3) is 0 Å². The number of nitrogens with one attached hydrogen (secondary N) is 2. The molecule has 0 aliphatic heterocycles. The first-order valence-corrected chi connectivity index (χ1v) is 10.6. The highest BCUT2D eigenvalue weighted by atomic mass is 16.5. The summed E-state index contributed by atoms with van der Waals surface area (Å²) in [6.07, 6.45) is 4.93. The van der Waals surface area contributed by atoms with Crippen LogP contribution in [0.1, 0.15) is 80.1 Å².